The van der Waals surface area contributed by atoms with Crippen molar-refractivity contribution in [3.8, 4) is 11.3 Å². The second-order valence-electron chi connectivity index (χ2n) is 8.56. The SMILES string of the molecule is CC(C)(C)OC(=O)n1cc(-c2cc(COS(C)(=O)=O)c3ccccc3n2)c2ccccc21. The van der Waals surface area contributed by atoms with Crippen molar-refractivity contribution >= 4 is 38.0 Å². The number of pyridine rings is 1. The summed E-state index contributed by atoms with van der Waals surface area (Å²) < 4.78 is 35.2. The Morgan fingerprint density at radius 3 is 2.38 bits per heavy atom. The molecule has 0 bridgehead atoms. The van der Waals surface area contributed by atoms with E-state index in [4.69, 9.17) is 13.9 Å². The van der Waals surface area contributed by atoms with E-state index in [0.29, 0.717) is 22.3 Å². The predicted octanol–water partition coefficient (Wildman–Crippen LogP) is 5.12. The molecule has 2 aromatic carbocycles. The Morgan fingerprint density at radius 1 is 1.03 bits per heavy atom. The standard InChI is InChI=1S/C24H24N2O5S/c1-24(2,3)31-23(27)26-14-19(18-10-6-8-12-22(18)26)21-13-16(15-30-32(4,28)29)17-9-5-7-11-20(17)25-21/h5-14H,15H2,1-4H3. The molecule has 4 aromatic rings. The van der Waals surface area contributed by atoms with Gasteiger partial charge >= 0.3 is 6.09 Å². The third kappa shape index (κ3) is 4.66. The highest BCUT2D eigenvalue weighted by molar-refractivity contribution is 7.85. The first-order valence-corrected chi connectivity index (χ1v) is 11.9. The van der Waals surface area contributed by atoms with Crippen molar-refractivity contribution in [1.82, 2.24) is 9.55 Å². The molecule has 7 nitrogen and oxygen atoms in total. The lowest BCUT2D eigenvalue weighted by molar-refractivity contribution is 0.0544. The molecule has 0 fully saturated rings. The van der Waals surface area contributed by atoms with Crippen LogP contribution in [0.5, 0.6) is 0 Å². The molecule has 0 spiro atoms. The molecule has 0 N–H and O–H groups in total. The Labute approximate surface area is 186 Å². The molecule has 0 aliphatic carbocycles. The Bertz CT molecular complexity index is 1430. The van der Waals surface area contributed by atoms with Gasteiger partial charge in [-0.2, -0.15) is 8.42 Å². The molecular formula is C24H24N2O5S. The van der Waals surface area contributed by atoms with Gasteiger partial charge in [0, 0.05) is 22.5 Å². The van der Waals surface area contributed by atoms with E-state index in [0.717, 1.165) is 22.6 Å². The first-order valence-electron chi connectivity index (χ1n) is 10.1. The average molecular weight is 453 g/mol. The minimum atomic E-state index is -3.61. The van der Waals surface area contributed by atoms with Crippen molar-refractivity contribution in [2.45, 2.75) is 33.0 Å². The average Bonchev–Trinajstić information content (AvgIpc) is 3.10. The van der Waals surface area contributed by atoms with Crippen LogP contribution in [0.25, 0.3) is 33.1 Å². The van der Waals surface area contributed by atoms with Crippen molar-refractivity contribution in [3.05, 3.63) is 66.4 Å². The summed E-state index contributed by atoms with van der Waals surface area (Å²) >= 11 is 0. The van der Waals surface area contributed by atoms with Crippen LogP contribution >= 0.6 is 0 Å². The molecule has 0 unspecified atom stereocenters. The fraction of sp³-hybridized carbons (Fsp3) is 0.250. The normalized spacial score (nSPS) is 12.4. The summed E-state index contributed by atoms with van der Waals surface area (Å²) in [4.78, 5) is 17.6. The van der Waals surface area contributed by atoms with E-state index >= 15 is 0 Å². The van der Waals surface area contributed by atoms with Crippen molar-refractivity contribution in [1.29, 1.82) is 0 Å². The maximum absolute atomic E-state index is 12.8. The molecule has 0 saturated heterocycles. The Kier molecular flexibility index (Phi) is 5.52. The van der Waals surface area contributed by atoms with E-state index in [1.807, 2.05) is 69.3 Å². The maximum Gasteiger partial charge on any atom is 0.419 e. The van der Waals surface area contributed by atoms with Crippen LogP contribution in [-0.2, 0) is 25.6 Å². The summed E-state index contributed by atoms with van der Waals surface area (Å²) in [5, 5.41) is 1.63. The molecule has 0 aliphatic heterocycles. The number of para-hydroxylation sites is 2. The summed E-state index contributed by atoms with van der Waals surface area (Å²) in [5.74, 6) is 0. The van der Waals surface area contributed by atoms with Crippen LogP contribution < -0.4 is 0 Å². The van der Waals surface area contributed by atoms with Gasteiger partial charge in [-0.25, -0.2) is 9.78 Å². The van der Waals surface area contributed by atoms with Crippen LogP contribution in [0.3, 0.4) is 0 Å². The van der Waals surface area contributed by atoms with Gasteiger partial charge in [0.15, 0.2) is 0 Å². The largest absolute Gasteiger partial charge is 0.443 e. The van der Waals surface area contributed by atoms with Crippen LogP contribution in [0.15, 0.2) is 60.8 Å². The smallest absolute Gasteiger partial charge is 0.419 e. The molecule has 0 atom stereocenters. The van der Waals surface area contributed by atoms with Crippen LogP contribution in [0.2, 0.25) is 0 Å². The summed E-state index contributed by atoms with van der Waals surface area (Å²) in [6.07, 6.45) is 2.24. The monoisotopic (exact) mass is 452 g/mol. The Balaban J connectivity index is 1.89. The lowest BCUT2D eigenvalue weighted by Gasteiger charge is -2.19. The number of fused-ring (bicyclic) bond motifs is 2. The minimum absolute atomic E-state index is 0.112. The molecule has 4 rings (SSSR count). The van der Waals surface area contributed by atoms with Crippen molar-refractivity contribution in [2.75, 3.05) is 6.26 Å². The zero-order valence-corrected chi connectivity index (χ0v) is 19.1. The number of carbonyl (C=O) groups is 1. The van der Waals surface area contributed by atoms with Crippen LogP contribution in [-0.4, -0.2) is 35.9 Å². The van der Waals surface area contributed by atoms with Gasteiger partial charge in [0.05, 0.1) is 29.6 Å². The van der Waals surface area contributed by atoms with Crippen molar-refractivity contribution in [2.24, 2.45) is 0 Å². The minimum Gasteiger partial charge on any atom is -0.443 e. The number of aromatic nitrogens is 2. The molecule has 0 radical (unpaired) electrons. The molecule has 0 saturated carbocycles. The highest BCUT2D eigenvalue weighted by Gasteiger charge is 2.22. The van der Waals surface area contributed by atoms with E-state index in [2.05, 4.69) is 0 Å². The van der Waals surface area contributed by atoms with Gasteiger partial charge in [-0.3, -0.25) is 8.75 Å². The third-order valence-electron chi connectivity index (χ3n) is 4.81. The van der Waals surface area contributed by atoms with E-state index < -0.39 is 21.8 Å². The van der Waals surface area contributed by atoms with Gasteiger partial charge in [-0.05, 0) is 44.5 Å². The van der Waals surface area contributed by atoms with Crippen LogP contribution in [0, 0.1) is 0 Å². The second-order valence-corrected chi connectivity index (χ2v) is 10.2. The maximum atomic E-state index is 12.8. The Morgan fingerprint density at radius 2 is 1.69 bits per heavy atom. The van der Waals surface area contributed by atoms with Crippen LogP contribution in [0.4, 0.5) is 4.79 Å². The number of hydrogen-bond acceptors (Lipinski definition) is 6. The predicted molar refractivity (Wildman–Crippen MR) is 124 cm³/mol. The quantitative estimate of drug-likeness (QED) is 0.400. The highest BCUT2D eigenvalue weighted by Crippen LogP contribution is 2.33. The zero-order chi connectivity index (χ0) is 23.1. The molecule has 2 aromatic heterocycles. The van der Waals surface area contributed by atoms with E-state index in [1.54, 1.807) is 12.3 Å². The van der Waals surface area contributed by atoms with Crippen molar-refractivity contribution in [3.63, 3.8) is 0 Å². The molecule has 0 aliphatic rings. The first kappa shape index (κ1) is 22.0. The summed E-state index contributed by atoms with van der Waals surface area (Å²) in [7, 11) is -3.61. The first-order chi connectivity index (χ1) is 15.0. The highest BCUT2D eigenvalue weighted by atomic mass is 32.2. The van der Waals surface area contributed by atoms with Crippen LogP contribution in [0.1, 0.15) is 26.3 Å². The number of carbonyl (C=O) groups excluding carboxylic acids is 1. The Hall–Kier alpha value is -3.23. The molecular weight excluding hydrogens is 428 g/mol. The fourth-order valence-electron chi connectivity index (χ4n) is 3.52. The fourth-order valence-corrected chi connectivity index (χ4v) is 3.86. The molecule has 2 heterocycles. The molecule has 32 heavy (non-hydrogen) atoms. The number of hydrogen-bond donors (Lipinski definition) is 0. The summed E-state index contributed by atoms with van der Waals surface area (Å²) in [5.41, 5.74) is 2.78. The van der Waals surface area contributed by atoms with Gasteiger partial charge in [-0.15, -0.1) is 0 Å². The number of benzene rings is 2. The summed E-state index contributed by atoms with van der Waals surface area (Å²) in [6.45, 7) is 5.34. The van der Waals surface area contributed by atoms with Gasteiger partial charge in [0.2, 0.25) is 0 Å². The zero-order valence-electron chi connectivity index (χ0n) is 18.3. The van der Waals surface area contributed by atoms with Gasteiger partial charge < -0.3 is 4.74 Å². The van der Waals surface area contributed by atoms with Crippen molar-refractivity contribution < 1.29 is 22.1 Å². The van der Waals surface area contributed by atoms with E-state index in [9.17, 15) is 13.2 Å². The topological polar surface area (TPSA) is 87.5 Å². The molecule has 8 heteroatoms. The number of rotatable bonds is 4. The van der Waals surface area contributed by atoms with Gasteiger partial charge in [0.1, 0.15) is 5.60 Å². The third-order valence-corrected chi connectivity index (χ3v) is 5.35. The van der Waals surface area contributed by atoms with E-state index in [1.165, 1.54) is 4.57 Å². The molecule has 0 amide bonds. The number of nitrogens with zero attached hydrogens (tertiary/aromatic N) is 2. The summed E-state index contributed by atoms with van der Waals surface area (Å²) in [6, 6.07) is 16.8. The second kappa shape index (κ2) is 8.03. The lowest BCUT2D eigenvalue weighted by atomic mass is 10.0. The number of ether oxygens (including phenoxy) is 1. The molecule has 166 valence electrons. The van der Waals surface area contributed by atoms with Gasteiger partial charge in [-0.1, -0.05) is 36.4 Å². The van der Waals surface area contributed by atoms with E-state index in [-0.39, 0.29) is 6.61 Å². The van der Waals surface area contributed by atoms with Gasteiger partial charge in [0.25, 0.3) is 10.1 Å². The lowest BCUT2D eigenvalue weighted by Crippen LogP contribution is -2.26.